The normalized spacial score (nSPS) is 45.4. The molecule has 4 bridgehead atoms. The zero-order chi connectivity index (χ0) is 13.1. The maximum Gasteiger partial charge on any atom is 0.0270 e. The molecule has 4 aliphatic rings. The van der Waals surface area contributed by atoms with Crippen LogP contribution in [0.15, 0.2) is 24.5 Å². The molecule has 3 unspecified atom stereocenters. The smallest absolute Gasteiger partial charge is 0.0270 e. The summed E-state index contributed by atoms with van der Waals surface area (Å²) in [7, 11) is 0. The van der Waals surface area contributed by atoms with Gasteiger partial charge in [-0.15, -0.1) is 0 Å². The van der Waals surface area contributed by atoms with Gasteiger partial charge >= 0.3 is 0 Å². The minimum atomic E-state index is 0.347. The van der Waals surface area contributed by atoms with E-state index in [0.717, 1.165) is 11.8 Å². The largest absolute Gasteiger partial charge is 0.327 e. The van der Waals surface area contributed by atoms with Gasteiger partial charge in [-0.2, -0.15) is 0 Å². The third-order valence-electron chi connectivity index (χ3n) is 6.36. The standard InChI is InChI=1S/C17H24N2/c1-12(18)16-7-13-6-14(8-16)10-17(9-13,11-16)15-2-4-19-5-3-15/h2-5,12-14H,6-11,18H2,1H3. The van der Waals surface area contributed by atoms with Crippen LogP contribution < -0.4 is 5.73 Å². The van der Waals surface area contributed by atoms with Gasteiger partial charge in [-0.25, -0.2) is 0 Å². The lowest BCUT2D eigenvalue weighted by atomic mass is 9.41. The van der Waals surface area contributed by atoms with Crippen LogP contribution in [-0.4, -0.2) is 11.0 Å². The molecule has 0 aliphatic heterocycles. The van der Waals surface area contributed by atoms with E-state index in [1.165, 1.54) is 44.1 Å². The third kappa shape index (κ3) is 1.62. The van der Waals surface area contributed by atoms with Crippen LogP contribution in [0.4, 0.5) is 0 Å². The fourth-order valence-corrected chi connectivity index (χ4v) is 5.91. The molecule has 102 valence electrons. The van der Waals surface area contributed by atoms with Crippen molar-refractivity contribution in [3.8, 4) is 0 Å². The van der Waals surface area contributed by atoms with Crippen molar-refractivity contribution in [2.75, 3.05) is 0 Å². The number of nitrogens with zero attached hydrogens (tertiary/aromatic N) is 1. The molecular weight excluding hydrogens is 232 g/mol. The Labute approximate surface area is 115 Å². The molecule has 5 rings (SSSR count). The zero-order valence-corrected chi connectivity index (χ0v) is 11.8. The van der Waals surface area contributed by atoms with Crippen molar-refractivity contribution in [1.29, 1.82) is 0 Å². The highest BCUT2D eigenvalue weighted by molar-refractivity contribution is 5.29. The second-order valence-corrected chi connectivity index (χ2v) is 7.63. The molecule has 0 aromatic carbocycles. The van der Waals surface area contributed by atoms with Crippen molar-refractivity contribution in [1.82, 2.24) is 4.98 Å². The van der Waals surface area contributed by atoms with E-state index >= 15 is 0 Å². The summed E-state index contributed by atoms with van der Waals surface area (Å²) >= 11 is 0. The maximum atomic E-state index is 6.42. The van der Waals surface area contributed by atoms with Crippen LogP contribution in [0.25, 0.3) is 0 Å². The first-order valence-corrected chi connectivity index (χ1v) is 7.78. The zero-order valence-electron chi connectivity index (χ0n) is 11.8. The third-order valence-corrected chi connectivity index (χ3v) is 6.36. The molecule has 1 aromatic rings. The fourth-order valence-electron chi connectivity index (χ4n) is 5.91. The van der Waals surface area contributed by atoms with E-state index < -0.39 is 0 Å². The average molecular weight is 256 g/mol. The van der Waals surface area contributed by atoms with Crippen LogP contribution in [0.1, 0.15) is 51.0 Å². The van der Waals surface area contributed by atoms with Crippen LogP contribution in [-0.2, 0) is 5.41 Å². The number of aromatic nitrogens is 1. The van der Waals surface area contributed by atoms with Gasteiger partial charge in [0.2, 0.25) is 0 Å². The van der Waals surface area contributed by atoms with Crippen molar-refractivity contribution in [3.05, 3.63) is 30.1 Å². The number of rotatable bonds is 2. The molecule has 2 N–H and O–H groups in total. The van der Waals surface area contributed by atoms with Crippen LogP contribution >= 0.6 is 0 Å². The van der Waals surface area contributed by atoms with E-state index in [-0.39, 0.29) is 0 Å². The summed E-state index contributed by atoms with van der Waals surface area (Å²) in [4.78, 5) is 4.20. The van der Waals surface area contributed by atoms with E-state index in [2.05, 4.69) is 24.0 Å². The van der Waals surface area contributed by atoms with Gasteiger partial charge in [0.25, 0.3) is 0 Å². The Kier molecular flexibility index (Phi) is 2.39. The highest BCUT2D eigenvalue weighted by atomic mass is 14.7. The SMILES string of the molecule is CC(N)C12CC3CC(CC(c4ccncc4)(C3)C1)C2. The van der Waals surface area contributed by atoms with E-state index in [9.17, 15) is 0 Å². The molecule has 1 heterocycles. The van der Waals surface area contributed by atoms with Gasteiger partial charge in [0.05, 0.1) is 0 Å². The van der Waals surface area contributed by atoms with E-state index in [1.54, 1.807) is 0 Å². The molecule has 19 heavy (non-hydrogen) atoms. The van der Waals surface area contributed by atoms with Crippen molar-refractivity contribution >= 4 is 0 Å². The fraction of sp³-hybridized carbons (Fsp3) is 0.706. The molecule has 1 aromatic heterocycles. The highest BCUT2D eigenvalue weighted by Gasteiger charge is 2.59. The Morgan fingerprint density at radius 2 is 1.79 bits per heavy atom. The van der Waals surface area contributed by atoms with Crippen molar-refractivity contribution in [3.63, 3.8) is 0 Å². The lowest BCUT2D eigenvalue weighted by molar-refractivity contribution is -0.0822. The first-order chi connectivity index (χ1) is 9.12. The minimum absolute atomic E-state index is 0.347. The molecule has 0 amide bonds. The first-order valence-electron chi connectivity index (χ1n) is 7.78. The Balaban J connectivity index is 1.78. The predicted molar refractivity (Wildman–Crippen MR) is 76.7 cm³/mol. The molecule has 4 aliphatic carbocycles. The van der Waals surface area contributed by atoms with Crippen LogP contribution in [0, 0.1) is 17.3 Å². The summed E-state index contributed by atoms with van der Waals surface area (Å²) in [5.74, 6) is 1.83. The first kappa shape index (κ1) is 11.9. The lowest BCUT2D eigenvalue weighted by Gasteiger charge is -2.63. The van der Waals surface area contributed by atoms with E-state index in [0.29, 0.717) is 16.9 Å². The Hall–Kier alpha value is -0.890. The Morgan fingerprint density at radius 1 is 1.16 bits per heavy atom. The van der Waals surface area contributed by atoms with E-state index in [1.807, 2.05) is 12.4 Å². The van der Waals surface area contributed by atoms with Crippen LogP contribution in [0.2, 0.25) is 0 Å². The Morgan fingerprint density at radius 3 is 2.37 bits per heavy atom. The Bertz CT molecular complexity index is 465. The van der Waals surface area contributed by atoms with Gasteiger partial charge in [0.15, 0.2) is 0 Å². The second-order valence-electron chi connectivity index (χ2n) is 7.63. The van der Waals surface area contributed by atoms with Crippen molar-refractivity contribution < 1.29 is 0 Å². The molecule has 4 saturated carbocycles. The summed E-state index contributed by atoms with van der Waals surface area (Å²) in [5, 5.41) is 0. The summed E-state index contributed by atoms with van der Waals surface area (Å²) < 4.78 is 0. The predicted octanol–water partition coefficient (Wildman–Crippen LogP) is 3.27. The molecule has 0 saturated heterocycles. The molecule has 2 nitrogen and oxygen atoms in total. The number of hydrogen-bond donors (Lipinski definition) is 1. The summed E-state index contributed by atoms with van der Waals surface area (Å²) in [6.45, 7) is 2.24. The maximum absolute atomic E-state index is 6.42. The number of nitrogens with two attached hydrogens (primary N) is 1. The number of pyridine rings is 1. The summed E-state index contributed by atoms with van der Waals surface area (Å²) in [6, 6.07) is 4.85. The van der Waals surface area contributed by atoms with Gasteiger partial charge < -0.3 is 5.73 Å². The monoisotopic (exact) mass is 256 g/mol. The molecular formula is C17H24N2. The topological polar surface area (TPSA) is 38.9 Å². The van der Waals surface area contributed by atoms with Gasteiger partial charge in [-0.1, -0.05) is 0 Å². The summed E-state index contributed by atoms with van der Waals surface area (Å²) in [5.41, 5.74) is 8.79. The van der Waals surface area contributed by atoms with Crippen molar-refractivity contribution in [2.24, 2.45) is 23.0 Å². The second kappa shape index (κ2) is 3.82. The highest BCUT2D eigenvalue weighted by Crippen LogP contribution is 2.66. The lowest BCUT2D eigenvalue weighted by Crippen LogP contribution is -2.59. The molecule has 4 fully saturated rings. The molecule has 0 spiro atoms. The molecule has 2 heteroatoms. The van der Waals surface area contributed by atoms with Gasteiger partial charge in [-0.05, 0) is 85.8 Å². The quantitative estimate of drug-likeness (QED) is 0.882. The van der Waals surface area contributed by atoms with Gasteiger partial charge in [0.1, 0.15) is 0 Å². The molecule has 0 radical (unpaired) electrons. The average Bonchev–Trinajstić information content (AvgIpc) is 2.38. The van der Waals surface area contributed by atoms with Crippen LogP contribution in [0.3, 0.4) is 0 Å². The molecule has 3 atom stereocenters. The van der Waals surface area contributed by atoms with Gasteiger partial charge in [0, 0.05) is 18.4 Å². The van der Waals surface area contributed by atoms with Gasteiger partial charge in [-0.3, -0.25) is 4.98 Å². The minimum Gasteiger partial charge on any atom is -0.327 e. The number of hydrogen-bond acceptors (Lipinski definition) is 2. The van der Waals surface area contributed by atoms with E-state index in [4.69, 9.17) is 5.73 Å². The summed E-state index contributed by atoms with van der Waals surface area (Å²) in [6.07, 6.45) is 12.3. The van der Waals surface area contributed by atoms with Crippen molar-refractivity contribution in [2.45, 2.75) is 56.9 Å². The van der Waals surface area contributed by atoms with Crippen LogP contribution in [0.5, 0.6) is 0 Å².